The van der Waals surface area contributed by atoms with Crippen LogP contribution >= 0.6 is 0 Å². The number of nitrogens with one attached hydrogen (secondary N) is 1. The normalized spacial score (nSPS) is 16.7. The second kappa shape index (κ2) is 8.61. The summed E-state index contributed by atoms with van der Waals surface area (Å²) in [4.78, 5) is 26.0. The molecule has 0 unspecified atom stereocenters. The molecular formula is C21H23FN2O2. The van der Waals surface area contributed by atoms with Crippen LogP contribution in [0.1, 0.15) is 24.0 Å². The van der Waals surface area contributed by atoms with Gasteiger partial charge >= 0.3 is 0 Å². The third-order valence-corrected chi connectivity index (χ3v) is 4.69. The van der Waals surface area contributed by atoms with Gasteiger partial charge in [0.15, 0.2) is 0 Å². The van der Waals surface area contributed by atoms with Gasteiger partial charge in [0, 0.05) is 31.6 Å². The predicted molar refractivity (Wildman–Crippen MR) is 97.7 cm³/mol. The highest BCUT2D eigenvalue weighted by molar-refractivity contribution is 5.89. The average molecular weight is 354 g/mol. The van der Waals surface area contributed by atoms with Crippen LogP contribution < -0.4 is 5.32 Å². The molecule has 5 heteroatoms. The van der Waals surface area contributed by atoms with Crippen molar-refractivity contribution >= 4 is 11.8 Å². The Kier molecular flexibility index (Phi) is 6.00. The molecule has 0 aromatic heterocycles. The molecule has 1 N–H and O–H groups in total. The third kappa shape index (κ3) is 4.69. The SMILES string of the molecule is O=C(NCCCc1ccccc1)[C@@H]1CC(=O)N(Cc2ccccc2F)C1. The number of nitrogens with zero attached hydrogens (tertiary/aromatic N) is 1. The molecule has 2 amide bonds. The molecule has 0 bridgehead atoms. The van der Waals surface area contributed by atoms with E-state index in [0.717, 1.165) is 12.8 Å². The number of hydrogen-bond acceptors (Lipinski definition) is 2. The fourth-order valence-corrected chi connectivity index (χ4v) is 3.23. The van der Waals surface area contributed by atoms with Crippen LogP contribution in [0.15, 0.2) is 54.6 Å². The highest BCUT2D eigenvalue weighted by atomic mass is 19.1. The van der Waals surface area contributed by atoms with Gasteiger partial charge in [-0.15, -0.1) is 0 Å². The maximum atomic E-state index is 13.8. The number of carbonyl (C=O) groups excluding carboxylic acids is 2. The molecule has 2 aromatic carbocycles. The molecule has 1 aliphatic heterocycles. The predicted octanol–water partition coefficient (Wildman–Crippen LogP) is 2.92. The maximum absolute atomic E-state index is 13.8. The van der Waals surface area contributed by atoms with Crippen molar-refractivity contribution in [1.29, 1.82) is 0 Å². The molecule has 136 valence electrons. The van der Waals surface area contributed by atoms with Crippen molar-refractivity contribution in [3.05, 3.63) is 71.5 Å². The van der Waals surface area contributed by atoms with E-state index in [4.69, 9.17) is 0 Å². The Morgan fingerprint density at radius 3 is 2.62 bits per heavy atom. The summed E-state index contributed by atoms with van der Waals surface area (Å²) in [7, 11) is 0. The quantitative estimate of drug-likeness (QED) is 0.777. The van der Waals surface area contributed by atoms with Gasteiger partial charge in [-0.3, -0.25) is 9.59 Å². The van der Waals surface area contributed by atoms with Gasteiger partial charge in [0.05, 0.1) is 5.92 Å². The van der Waals surface area contributed by atoms with E-state index in [9.17, 15) is 14.0 Å². The van der Waals surface area contributed by atoms with Crippen molar-refractivity contribution in [1.82, 2.24) is 10.2 Å². The van der Waals surface area contributed by atoms with Crippen LogP contribution in [0.5, 0.6) is 0 Å². The number of amides is 2. The minimum Gasteiger partial charge on any atom is -0.356 e. The lowest BCUT2D eigenvalue weighted by Crippen LogP contribution is -2.33. The van der Waals surface area contributed by atoms with Crippen LogP contribution in [0.25, 0.3) is 0 Å². The van der Waals surface area contributed by atoms with Crippen molar-refractivity contribution in [3.8, 4) is 0 Å². The Labute approximate surface area is 153 Å². The van der Waals surface area contributed by atoms with Gasteiger partial charge in [0.2, 0.25) is 11.8 Å². The second-order valence-corrected chi connectivity index (χ2v) is 6.65. The maximum Gasteiger partial charge on any atom is 0.225 e. The van der Waals surface area contributed by atoms with Gasteiger partial charge in [-0.05, 0) is 24.5 Å². The second-order valence-electron chi connectivity index (χ2n) is 6.65. The summed E-state index contributed by atoms with van der Waals surface area (Å²) in [5.41, 5.74) is 1.72. The van der Waals surface area contributed by atoms with E-state index in [1.807, 2.05) is 18.2 Å². The number of benzene rings is 2. The number of rotatable bonds is 7. The van der Waals surface area contributed by atoms with E-state index in [1.165, 1.54) is 11.6 Å². The summed E-state index contributed by atoms with van der Waals surface area (Å²) in [5, 5.41) is 2.92. The van der Waals surface area contributed by atoms with Gasteiger partial charge in [-0.2, -0.15) is 0 Å². The van der Waals surface area contributed by atoms with E-state index >= 15 is 0 Å². The van der Waals surface area contributed by atoms with E-state index in [0.29, 0.717) is 18.7 Å². The fraction of sp³-hybridized carbons (Fsp3) is 0.333. The van der Waals surface area contributed by atoms with Gasteiger partial charge in [0.25, 0.3) is 0 Å². The average Bonchev–Trinajstić information content (AvgIpc) is 3.02. The largest absolute Gasteiger partial charge is 0.356 e. The number of carbonyl (C=O) groups is 2. The molecule has 4 nitrogen and oxygen atoms in total. The van der Waals surface area contributed by atoms with Crippen molar-refractivity contribution in [2.45, 2.75) is 25.8 Å². The minimum atomic E-state index is -0.356. The molecule has 1 aliphatic rings. The zero-order chi connectivity index (χ0) is 18.4. The van der Waals surface area contributed by atoms with Gasteiger partial charge in [-0.25, -0.2) is 4.39 Å². The standard InChI is InChI=1S/C21H23FN2O2/c22-19-11-5-4-10-17(19)14-24-15-18(13-20(24)25)21(26)23-12-6-9-16-7-2-1-3-8-16/h1-5,7-8,10-11,18H,6,9,12-15H2,(H,23,26)/t18-/m1/s1. The summed E-state index contributed by atoms with van der Waals surface area (Å²) < 4.78 is 13.8. The molecule has 0 spiro atoms. The molecule has 26 heavy (non-hydrogen) atoms. The van der Waals surface area contributed by atoms with Crippen LogP contribution in [0.2, 0.25) is 0 Å². The van der Waals surface area contributed by atoms with Crippen LogP contribution in [0.4, 0.5) is 4.39 Å². The monoisotopic (exact) mass is 354 g/mol. The van der Waals surface area contributed by atoms with Crippen LogP contribution in [-0.4, -0.2) is 29.8 Å². The first-order valence-electron chi connectivity index (χ1n) is 8.96. The summed E-state index contributed by atoms with van der Waals surface area (Å²) in [5.74, 6) is -0.875. The Bertz CT molecular complexity index is 764. The molecule has 1 saturated heterocycles. The fourth-order valence-electron chi connectivity index (χ4n) is 3.23. The van der Waals surface area contributed by atoms with Gasteiger partial charge < -0.3 is 10.2 Å². The van der Waals surface area contributed by atoms with E-state index in [1.54, 1.807) is 23.1 Å². The first-order valence-corrected chi connectivity index (χ1v) is 8.96. The van der Waals surface area contributed by atoms with E-state index in [-0.39, 0.29) is 36.5 Å². The minimum absolute atomic E-state index is 0.0950. The van der Waals surface area contributed by atoms with Crippen LogP contribution in [0.3, 0.4) is 0 Å². The van der Waals surface area contributed by atoms with Gasteiger partial charge in [0.1, 0.15) is 5.82 Å². The van der Waals surface area contributed by atoms with Crippen molar-refractivity contribution in [2.75, 3.05) is 13.1 Å². The van der Waals surface area contributed by atoms with Crippen molar-refractivity contribution in [3.63, 3.8) is 0 Å². The number of aryl methyl sites for hydroxylation is 1. The summed E-state index contributed by atoms with van der Waals surface area (Å²) >= 11 is 0. The molecule has 0 aliphatic carbocycles. The molecule has 1 fully saturated rings. The lowest BCUT2D eigenvalue weighted by Gasteiger charge is -2.17. The first kappa shape index (κ1) is 18.1. The third-order valence-electron chi connectivity index (χ3n) is 4.69. The zero-order valence-electron chi connectivity index (χ0n) is 14.7. The highest BCUT2D eigenvalue weighted by Gasteiger charge is 2.34. The molecule has 1 heterocycles. The topological polar surface area (TPSA) is 49.4 Å². The zero-order valence-corrected chi connectivity index (χ0v) is 14.7. The highest BCUT2D eigenvalue weighted by Crippen LogP contribution is 2.21. The number of halogens is 1. The lowest BCUT2D eigenvalue weighted by atomic mass is 10.1. The number of hydrogen-bond donors (Lipinski definition) is 1. The Balaban J connectivity index is 1.44. The first-order chi connectivity index (χ1) is 12.6. The summed E-state index contributed by atoms with van der Waals surface area (Å²) in [6.45, 7) is 1.15. The van der Waals surface area contributed by atoms with Crippen molar-refractivity contribution in [2.24, 2.45) is 5.92 Å². The molecule has 2 aromatic rings. The van der Waals surface area contributed by atoms with E-state index < -0.39 is 0 Å². The number of likely N-dealkylation sites (tertiary alicyclic amines) is 1. The molecule has 0 radical (unpaired) electrons. The summed E-state index contributed by atoms with van der Waals surface area (Å²) in [6, 6.07) is 16.5. The molecule has 0 saturated carbocycles. The molecular weight excluding hydrogens is 331 g/mol. The Hall–Kier alpha value is -2.69. The summed E-state index contributed by atoms with van der Waals surface area (Å²) in [6.07, 6.45) is 1.96. The van der Waals surface area contributed by atoms with Crippen molar-refractivity contribution < 1.29 is 14.0 Å². The molecule has 3 rings (SSSR count). The Morgan fingerprint density at radius 2 is 1.85 bits per heavy atom. The smallest absolute Gasteiger partial charge is 0.225 e. The molecule has 1 atom stereocenters. The lowest BCUT2D eigenvalue weighted by molar-refractivity contribution is -0.129. The van der Waals surface area contributed by atoms with E-state index in [2.05, 4.69) is 17.4 Å². The Morgan fingerprint density at radius 1 is 1.12 bits per heavy atom. The van der Waals surface area contributed by atoms with Gasteiger partial charge in [-0.1, -0.05) is 48.5 Å². The van der Waals surface area contributed by atoms with Crippen LogP contribution in [0, 0.1) is 11.7 Å². The van der Waals surface area contributed by atoms with Crippen LogP contribution in [-0.2, 0) is 22.6 Å².